The Hall–Kier alpha value is -1.41. The van der Waals surface area contributed by atoms with Crippen molar-refractivity contribution in [1.29, 1.82) is 0 Å². The zero-order chi connectivity index (χ0) is 11.9. The van der Waals surface area contributed by atoms with E-state index >= 15 is 0 Å². The van der Waals surface area contributed by atoms with Crippen LogP contribution >= 0.6 is 0 Å². The van der Waals surface area contributed by atoms with Gasteiger partial charge in [0.05, 0.1) is 6.04 Å². The summed E-state index contributed by atoms with van der Waals surface area (Å²) in [6.07, 6.45) is 8.78. The highest BCUT2D eigenvalue weighted by atomic mass is 16.1. The first-order valence-electron chi connectivity index (χ1n) is 6.31. The third-order valence-electron chi connectivity index (χ3n) is 3.27. The second kappa shape index (κ2) is 6.36. The Labute approximate surface area is 103 Å². The Balaban J connectivity index is 1.88. The number of hydrogen-bond acceptors (Lipinski definition) is 2. The molecule has 1 fully saturated rings. The maximum Gasteiger partial charge on any atom is 0.137 e. The summed E-state index contributed by atoms with van der Waals surface area (Å²) in [5, 5.41) is 0. The summed E-state index contributed by atoms with van der Waals surface area (Å²) in [6.45, 7) is 1.92. The normalized spacial score (nSPS) is 21.8. The molecule has 17 heavy (non-hydrogen) atoms. The quantitative estimate of drug-likeness (QED) is 0.740. The maximum atomic E-state index is 10.9. The summed E-state index contributed by atoms with van der Waals surface area (Å²) in [6, 6.07) is 10.4. The predicted octanol–water partition coefficient (Wildman–Crippen LogP) is 2.75. The van der Waals surface area contributed by atoms with E-state index in [2.05, 4.69) is 29.2 Å². The van der Waals surface area contributed by atoms with Gasteiger partial charge in [-0.15, -0.1) is 0 Å². The highest BCUT2D eigenvalue weighted by Gasteiger charge is 2.19. The van der Waals surface area contributed by atoms with Crippen molar-refractivity contribution < 1.29 is 4.79 Å². The van der Waals surface area contributed by atoms with Crippen LogP contribution in [0.15, 0.2) is 36.4 Å². The summed E-state index contributed by atoms with van der Waals surface area (Å²) >= 11 is 0. The lowest BCUT2D eigenvalue weighted by molar-refractivity contribution is -0.113. The molecule has 0 radical (unpaired) electrons. The van der Waals surface area contributed by atoms with Crippen LogP contribution in [0.5, 0.6) is 0 Å². The Bertz CT molecular complexity index is 372. The van der Waals surface area contributed by atoms with Gasteiger partial charge in [-0.25, -0.2) is 0 Å². The monoisotopic (exact) mass is 229 g/mol. The average molecular weight is 229 g/mol. The van der Waals surface area contributed by atoms with Crippen molar-refractivity contribution in [3.8, 4) is 0 Å². The lowest BCUT2D eigenvalue weighted by Gasteiger charge is -2.31. The fraction of sp³-hybridized carbons (Fsp3) is 0.400. The fourth-order valence-corrected chi connectivity index (χ4v) is 2.29. The minimum Gasteiger partial charge on any atom is -0.302 e. The van der Waals surface area contributed by atoms with Gasteiger partial charge in [-0.3, -0.25) is 4.90 Å². The molecule has 1 saturated heterocycles. The number of nitrogens with zero attached hydrogens (tertiary/aromatic N) is 1. The molecule has 1 aromatic carbocycles. The van der Waals surface area contributed by atoms with Gasteiger partial charge in [0.25, 0.3) is 0 Å². The van der Waals surface area contributed by atoms with Crippen LogP contribution in [0.3, 0.4) is 0 Å². The van der Waals surface area contributed by atoms with Crippen LogP contribution in [-0.2, 0) is 4.79 Å². The molecule has 0 bridgehead atoms. The topological polar surface area (TPSA) is 20.3 Å². The minimum atomic E-state index is 0.129. The lowest BCUT2D eigenvalue weighted by atomic mass is 10.0. The standard InChI is InChI=1S/C15H19NO/c17-13-15-10-4-5-11-16(15)12-6-9-14-7-2-1-3-8-14/h1-3,6-9,13,15H,4-5,10-12H2. The van der Waals surface area contributed by atoms with Crippen molar-refractivity contribution >= 4 is 12.4 Å². The molecule has 1 atom stereocenters. The predicted molar refractivity (Wildman–Crippen MR) is 70.8 cm³/mol. The van der Waals surface area contributed by atoms with E-state index in [1.165, 1.54) is 18.4 Å². The van der Waals surface area contributed by atoms with Crippen LogP contribution < -0.4 is 0 Å². The number of hydrogen-bond donors (Lipinski definition) is 0. The van der Waals surface area contributed by atoms with E-state index in [9.17, 15) is 4.79 Å². The second-order valence-corrected chi connectivity index (χ2v) is 4.51. The van der Waals surface area contributed by atoms with Crippen molar-refractivity contribution in [2.45, 2.75) is 25.3 Å². The van der Waals surface area contributed by atoms with Crippen LogP contribution in [0.1, 0.15) is 24.8 Å². The minimum absolute atomic E-state index is 0.129. The summed E-state index contributed by atoms with van der Waals surface area (Å²) in [5.74, 6) is 0. The summed E-state index contributed by atoms with van der Waals surface area (Å²) in [4.78, 5) is 13.2. The Morgan fingerprint density at radius 1 is 1.24 bits per heavy atom. The molecule has 1 aliphatic heterocycles. The van der Waals surface area contributed by atoms with Crippen LogP contribution in [0.4, 0.5) is 0 Å². The molecule has 2 heteroatoms. The number of piperidine rings is 1. The van der Waals surface area contributed by atoms with E-state index in [1.54, 1.807) is 0 Å². The molecular formula is C15H19NO. The molecule has 2 nitrogen and oxygen atoms in total. The van der Waals surface area contributed by atoms with Gasteiger partial charge in [0.2, 0.25) is 0 Å². The number of benzene rings is 1. The first kappa shape index (κ1) is 12.1. The zero-order valence-electron chi connectivity index (χ0n) is 10.1. The first-order valence-corrected chi connectivity index (χ1v) is 6.31. The molecule has 1 heterocycles. The highest BCUT2D eigenvalue weighted by molar-refractivity contribution is 5.58. The van der Waals surface area contributed by atoms with Crippen LogP contribution in [0, 0.1) is 0 Å². The molecule has 2 rings (SSSR count). The summed E-state index contributed by atoms with van der Waals surface area (Å²) in [5.41, 5.74) is 1.21. The fourth-order valence-electron chi connectivity index (χ4n) is 2.29. The average Bonchev–Trinajstić information content (AvgIpc) is 2.40. The van der Waals surface area contributed by atoms with Gasteiger partial charge in [-0.1, -0.05) is 48.9 Å². The molecular weight excluding hydrogens is 210 g/mol. The van der Waals surface area contributed by atoms with Crippen molar-refractivity contribution in [1.82, 2.24) is 4.90 Å². The molecule has 1 unspecified atom stereocenters. The Morgan fingerprint density at radius 2 is 2.06 bits per heavy atom. The number of rotatable bonds is 4. The smallest absolute Gasteiger partial charge is 0.137 e. The van der Waals surface area contributed by atoms with Crippen molar-refractivity contribution in [3.05, 3.63) is 42.0 Å². The molecule has 0 N–H and O–H groups in total. The third-order valence-corrected chi connectivity index (χ3v) is 3.27. The van der Waals surface area contributed by atoms with E-state index in [1.807, 2.05) is 18.2 Å². The Morgan fingerprint density at radius 3 is 2.82 bits per heavy atom. The molecule has 1 aliphatic rings. The molecule has 0 amide bonds. The van der Waals surface area contributed by atoms with E-state index in [0.717, 1.165) is 25.8 Å². The van der Waals surface area contributed by atoms with Crippen molar-refractivity contribution in [2.75, 3.05) is 13.1 Å². The van der Waals surface area contributed by atoms with Gasteiger partial charge in [0.1, 0.15) is 6.29 Å². The molecule has 90 valence electrons. The van der Waals surface area contributed by atoms with E-state index < -0.39 is 0 Å². The van der Waals surface area contributed by atoms with E-state index in [4.69, 9.17) is 0 Å². The number of aldehydes is 1. The Kier molecular flexibility index (Phi) is 4.51. The molecule has 1 aromatic rings. The van der Waals surface area contributed by atoms with Gasteiger partial charge in [0, 0.05) is 6.54 Å². The van der Waals surface area contributed by atoms with Crippen LogP contribution in [0.25, 0.3) is 6.08 Å². The van der Waals surface area contributed by atoms with Crippen molar-refractivity contribution in [3.63, 3.8) is 0 Å². The van der Waals surface area contributed by atoms with Gasteiger partial charge < -0.3 is 4.79 Å². The van der Waals surface area contributed by atoms with Gasteiger partial charge in [-0.2, -0.15) is 0 Å². The number of carbonyl (C=O) groups is 1. The number of likely N-dealkylation sites (tertiary alicyclic amines) is 1. The SMILES string of the molecule is O=CC1CCCCN1CC=Cc1ccccc1. The number of carbonyl (C=O) groups excluding carboxylic acids is 1. The summed E-state index contributed by atoms with van der Waals surface area (Å²) in [7, 11) is 0. The van der Waals surface area contributed by atoms with Crippen LogP contribution in [-0.4, -0.2) is 30.3 Å². The van der Waals surface area contributed by atoms with Gasteiger partial charge >= 0.3 is 0 Å². The maximum absolute atomic E-state index is 10.9. The highest BCUT2D eigenvalue weighted by Crippen LogP contribution is 2.15. The molecule has 0 saturated carbocycles. The lowest BCUT2D eigenvalue weighted by Crippen LogP contribution is -2.40. The van der Waals surface area contributed by atoms with Gasteiger partial charge in [-0.05, 0) is 24.9 Å². The molecule has 0 spiro atoms. The molecule has 0 aliphatic carbocycles. The largest absolute Gasteiger partial charge is 0.302 e. The third kappa shape index (κ3) is 3.53. The zero-order valence-corrected chi connectivity index (χ0v) is 10.1. The first-order chi connectivity index (χ1) is 8.40. The van der Waals surface area contributed by atoms with Crippen LogP contribution in [0.2, 0.25) is 0 Å². The van der Waals surface area contributed by atoms with E-state index in [-0.39, 0.29) is 6.04 Å². The summed E-state index contributed by atoms with van der Waals surface area (Å²) < 4.78 is 0. The van der Waals surface area contributed by atoms with Gasteiger partial charge in [0.15, 0.2) is 0 Å². The van der Waals surface area contributed by atoms with Crippen molar-refractivity contribution in [2.24, 2.45) is 0 Å². The second-order valence-electron chi connectivity index (χ2n) is 4.51. The van der Waals surface area contributed by atoms with E-state index in [0.29, 0.717) is 0 Å². The molecule has 0 aromatic heterocycles.